The van der Waals surface area contributed by atoms with E-state index < -0.39 is 35.7 Å². The number of hydrogen-bond acceptors (Lipinski definition) is 10. The van der Waals surface area contributed by atoms with Crippen LogP contribution in [0, 0.1) is 0 Å². The van der Waals surface area contributed by atoms with Gasteiger partial charge in [0.15, 0.2) is 11.9 Å². The molecule has 41 heavy (non-hydrogen) atoms. The van der Waals surface area contributed by atoms with Gasteiger partial charge in [0.25, 0.3) is 17.7 Å². The van der Waals surface area contributed by atoms with Crippen molar-refractivity contribution < 1.29 is 38.2 Å². The lowest BCUT2D eigenvalue weighted by Crippen LogP contribution is -2.56. The van der Waals surface area contributed by atoms with Gasteiger partial charge in [0.1, 0.15) is 0 Å². The third-order valence-electron chi connectivity index (χ3n) is 6.57. The molecule has 1 aromatic heterocycles. The number of H-pyrrole nitrogens is 1. The summed E-state index contributed by atoms with van der Waals surface area (Å²) < 4.78 is 10.1. The fourth-order valence-corrected chi connectivity index (χ4v) is 4.68. The highest BCUT2D eigenvalue weighted by Crippen LogP contribution is 2.30. The van der Waals surface area contributed by atoms with Crippen LogP contribution in [0.1, 0.15) is 36.2 Å². The van der Waals surface area contributed by atoms with Gasteiger partial charge in [-0.3, -0.25) is 28.8 Å². The van der Waals surface area contributed by atoms with Crippen molar-refractivity contribution in [2.75, 3.05) is 29.9 Å². The first-order chi connectivity index (χ1) is 19.7. The van der Waals surface area contributed by atoms with Crippen LogP contribution in [0.5, 0.6) is 0 Å². The Hall–Kier alpha value is -4.82. The Labute approximate surface area is 233 Å². The van der Waals surface area contributed by atoms with Crippen LogP contribution in [0.25, 0.3) is 11.4 Å². The van der Waals surface area contributed by atoms with Crippen molar-refractivity contribution in [3.8, 4) is 11.4 Å². The van der Waals surface area contributed by atoms with Gasteiger partial charge in [-0.1, -0.05) is 18.1 Å². The molecule has 2 aliphatic rings. The van der Waals surface area contributed by atoms with Gasteiger partial charge in [-0.15, -0.1) is 0 Å². The van der Waals surface area contributed by atoms with Crippen molar-refractivity contribution in [1.82, 2.24) is 15.0 Å². The zero-order valence-corrected chi connectivity index (χ0v) is 22.2. The number of nitrogens with one attached hydrogen (secondary N) is 2. The number of aromatic amines is 1. The van der Waals surface area contributed by atoms with Crippen molar-refractivity contribution in [2.45, 2.75) is 39.0 Å². The molecule has 0 spiro atoms. The zero-order chi connectivity index (χ0) is 29.1. The van der Waals surface area contributed by atoms with E-state index in [0.717, 1.165) is 18.9 Å². The molecule has 2 aromatic carbocycles. The molecule has 0 saturated carbocycles. The first-order valence-electron chi connectivity index (χ1n) is 12.9. The minimum absolute atomic E-state index is 0.0568. The van der Waals surface area contributed by atoms with E-state index in [4.69, 9.17) is 9.62 Å². The van der Waals surface area contributed by atoms with Crippen molar-refractivity contribution in [3.63, 3.8) is 0 Å². The molecule has 1 fully saturated rings. The monoisotopic (exact) mass is 565 g/mol. The van der Waals surface area contributed by atoms with E-state index >= 15 is 0 Å². The van der Waals surface area contributed by atoms with Gasteiger partial charge in [-0.05, 0) is 48.4 Å². The molecule has 0 bridgehead atoms. The summed E-state index contributed by atoms with van der Waals surface area (Å²) in [5.41, 5.74) is 2.71. The van der Waals surface area contributed by atoms with E-state index in [1.54, 1.807) is 29.2 Å². The largest absolute Gasteiger partial charge is 0.439 e. The molecule has 14 heteroatoms. The summed E-state index contributed by atoms with van der Waals surface area (Å²) in [6, 6.07) is 11.4. The number of fused-ring (bicyclic) bond motifs is 1. The van der Waals surface area contributed by atoms with Gasteiger partial charge < -0.3 is 19.9 Å². The minimum Gasteiger partial charge on any atom is -0.363 e. The summed E-state index contributed by atoms with van der Waals surface area (Å²) >= 11 is 0. The number of rotatable bonds is 9. The number of anilines is 2. The van der Waals surface area contributed by atoms with Gasteiger partial charge in [0.2, 0.25) is 6.10 Å². The molecule has 2 atom stereocenters. The normalized spacial score (nSPS) is 17.4. The Bertz CT molecular complexity index is 1530. The maximum absolute atomic E-state index is 13.6. The average molecular weight is 566 g/mol. The van der Waals surface area contributed by atoms with Crippen LogP contribution in [-0.4, -0.2) is 70.6 Å². The second-order valence-corrected chi connectivity index (χ2v) is 9.45. The average Bonchev–Trinajstić information content (AvgIpc) is 3.52. The van der Waals surface area contributed by atoms with Crippen molar-refractivity contribution in [2.24, 2.45) is 0 Å². The number of carbonyl (C=O) groups is 4. The van der Waals surface area contributed by atoms with Crippen LogP contribution in [0.15, 0.2) is 51.8 Å². The first-order valence-corrected chi connectivity index (χ1v) is 12.9. The van der Waals surface area contributed by atoms with Gasteiger partial charge in [0.05, 0.1) is 6.61 Å². The minimum atomic E-state index is -1.66. The van der Waals surface area contributed by atoms with Crippen LogP contribution < -0.4 is 16.0 Å². The van der Waals surface area contributed by atoms with E-state index in [-0.39, 0.29) is 24.9 Å². The Morgan fingerprint density at radius 2 is 1.95 bits per heavy atom. The number of amides is 3. The zero-order valence-electron chi connectivity index (χ0n) is 22.2. The van der Waals surface area contributed by atoms with Crippen LogP contribution in [0.3, 0.4) is 0 Å². The number of carbonyl (C=O) groups excluding carboxylic acids is 4. The lowest BCUT2D eigenvalue weighted by molar-refractivity contribution is -0.302. The lowest BCUT2D eigenvalue weighted by atomic mass is 10.1. The number of hydrogen-bond donors (Lipinski definition) is 2. The van der Waals surface area contributed by atoms with E-state index in [1.807, 2.05) is 13.0 Å². The van der Waals surface area contributed by atoms with E-state index in [0.29, 0.717) is 35.6 Å². The van der Waals surface area contributed by atoms with Crippen molar-refractivity contribution >= 4 is 35.1 Å². The van der Waals surface area contributed by atoms with Gasteiger partial charge in [0, 0.05) is 49.1 Å². The molecule has 2 N–H and O–H groups in total. The second kappa shape index (κ2) is 11.7. The number of aromatic nitrogens is 2. The highest BCUT2D eigenvalue weighted by Gasteiger charge is 2.43. The highest BCUT2D eigenvalue weighted by molar-refractivity contribution is 6.05. The number of benzene rings is 2. The molecule has 0 aliphatic carbocycles. The Morgan fingerprint density at radius 3 is 2.63 bits per heavy atom. The molecular formula is C27H27N5O9. The number of nitrogens with zero attached hydrogens (tertiary/aromatic N) is 3. The summed E-state index contributed by atoms with van der Waals surface area (Å²) in [5, 5.41) is 6.21. The van der Waals surface area contributed by atoms with Gasteiger partial charge in [-0.25, -0.2) is 9.59 Å². The molecule has 3 aromatic rings. The molecule has 5 rings (SSSR count). The van der Waals surface area contributed by atoms with Crippen molar-refractivity contribution in [1.29, 1.82) is 0 Å². The summed E-state index contributed by atoms with van der Waals surface area (Å²) in [7, 11) is 0. The number of morpholine rings is 1. The maximum atomic E-state index is 13.6. The SMILES string of the molecule is CCCN1Cc2ccc(N3CCO[C@H]([C@@H](OOC(C)=O)C(=O)Nc4ccc(-c5noc(=O)[nH]5)cc4)C3=O)cc2C1=O. The molecule has 0 radical (unpaired) electrons. The maximum Gasteiger partial charge on any atom is 0.439 e. The molecule has 0 unspecified atom stereocenters. The number of ether oxygens (including phenoxy) is 1. The van der Waals surface area contributed by atoms with Crippen LogP contribution in [0.4, 0.5) is 11.4 Å². The molecule has 3 amide bonds. The third kappa shape index (κ3) is 5.88. The van der Waals surface area contributed by atoms with Crippen LogP contribution in [0.2, 0.25) is 0 Å². The topological polar surface area (TPSA) is 173 Å². The predicted molar refractivity (Wildman–Crippen MR) is 141 cm³/mol. The lowest BCUT2D eigenvalue weighted by Gasteiger charge is -2.34. The molecule has 1 saturated heterocycles. The predicted octanol–water partition coefficient (Wildman–Crippen LogP) is 1.63. The van der Waals surface area contributed by atoms with Crippen LogP contribution in [-0.2, 0) is 35.4 Å². The summed E-state index contributed by atoms with van der Waals surface area (Å²) in [4.78, 5) is 77.7. The molecule has 2 aliphatic heterocycles. The Kier molecular flexibility index (Phi) is 7.94. The smallest absolute Gasteiger partial charge is 0.363 e. The van der Waals surface area contributed by atoms with E-state index in [2.05, 4.69) is 24.9 Å². The van der Waals surface area contributed by atoms with E-state index in [1.165, 1.54) is 17.0 Å². The van der Waals surface area contributed by atoms with Gasteiger partial charge in [-0.2, -0.15) is 4.89 Å². The fraction of sp³-hybridized carbons (Fsp3) is 0.333. The standard InChI is InChI=1S/C27H27N5O9/c1-3-10-31-14-17-6-9-19(13-20(17)25(31)35)32-11-12-38-22(26(32)36)21(41-40-15(2)33)24(34)28-18-7-4-16(5-8-18)23-29-27(37)39-30-23/h4-9,13,21-22H,3,10-12,14H2,1-2H3,(H,28,34)(H,29,30,37)/t21-,22-/m1/s1. The molecular weight excluding hydrogens is 538 g/mol. The van der Waals surface area contributed by atoms with Crippen LogP contribution >= 0.6 is 0 Å². The molecule has 214 valence electrons. The quantitative estimate of drug-likeness (QED) is 0.287. The first kappa shape index (κ1) is 27.7. The molecule has 14 nitrogen and oxygen atoms in total. The fourth-order valence-electron chi connectivity index (χ4n) is 4.68. The second-order valence-electron chi connectivity index (χ2n) is 9.45. The van der Waals surface area contributed by atoms with E-state index in [9.17, 15) is 24.0 Å². The van der Waals surface area contributed by atoms with Gasteiger partial charge >= 0.3 is 11.7 Å². The van der Waals surface area contributed by atoms with Crippen molar-refractivity contribution in [3.05, 3.63) is 64.1 Å². The summed E-state index contributed by atoms with van der Waals surface area (Å²) in [6.07, 6.45) is -2.28. The molecule has 3 heterocycles. The Morgan fingerprint density at radius 1 is 1.17 bits per heavy atom. The Balaban J connectivity index is 1.34. The third-order valence-corrected chi connectivity index (χ3v) is 6.57. The summed E-state index contributed by atoms with van der Waals surface area (Å²) in [6.45, 7) is 4.46. The summed E-state index contributed by atoms with van der Waals surface area (Å²) in [5.74, 6) is -2.85. The highest BCUT2D eigenvalue weighted by atomic mass is 17.2.